The van der Waals surface area contributed by atoms with Crippen molar-refractivity contribution in [2.75, 3.05) is 5.32 Å². The predicted octanol–water partition coefficient (Wildman–Crippen LogP) is 1.62. The van der Waals surface area contributed by atoms with E-state index in [0.29, 0.717) is 5.95 Å². The number of nitrogens with zero attached hydrogens (tertiary/aromatic N) is 6. The second kappa shape index (κ2) is 4.89. The van der Waals surface area contributed by atoms with E-state index >= 15 is 0 Å². The Morgan fingerprint density at radius 1 is 1.21 bits per heavy atom. The molecule has 2 aromatic heterocycles. The van der Waals surface area contributed by atoms with Gasteiger partial charge in [-0.15, -0.1) is 0 Å². The van der Waals surface area contributed by atoms with E-state index < -0.39 is 0 Å². The van der Waals surface area contributed by atoms with E-state index in [4.69, 9.17) is 0 Å². The molecule has 7 heteroatoms. The maximum absolute atomic E-state index is 4.19. The standard InChI is InChI=1S/C12H13N7/c1-2-18-9-10(8-13-18)14-12-15-16-17-19(12)11-6-4-3-5-7-11/h3-9H,2H2,1H3,(H,14,15,17). The number of nitrogens with one attached hydrogen (secondary N) is 1. The fourth-order valence-electron chi connectivity index (χ4n) is 1.74. The molecule has 0 amide bonds. The van der Waals surface area contributed by atoms with Gasteiger partial charge in [0.1, 0.15) is 0 Å². The Kier molecular flexibility index (Phi) is 2.93. The highest BCUT2D eigenvalue weighted by atomic mass is 15.6. The Morgan fingerprint density at radius 3 is 2.79 bits per heavy atom. The van der Waals surface area contributed by atoms with Crippen LogP contribution in [0, 0.1) is 0 Å². The van der Waals surface area contributed by atoms with Gasteiger partial charge >= 0.3 is 0 Å². The molecule has 0 spiro atoms. The molecular formula is C12H13N7. The second-order valence-electron chi connectivity index (χ2n) is 3.96. The average molecular weight is 255 g/mol. The van der Waals surface area contributed by atoms with Crippen molar-refractivity contribution in [3.05, 3.63) is 42.7 Å². The smallest absolute Gasteiger partial charge is 0.252 e. The van der Waals surface area contributed by atoms with Crippen molar-refractivity contribution in [1.82, 2.24) is 30.0 Å². The molecule has 19 heavy (non-hydrogen) atoms. The molecule has 0 unspecified atom stereocenters. The van der Waals surface area contributed by atoms with Crippen LogP contribution in [0.15, 0.2) is 42.7 Å². The molecule has 1 N–H and O–H groups in total. The largest absolute Gasteiger partial charge is 0.320 e. The van der Waals surface area contributed by atoms with Gasteiger partial charge in [-0.05, 0) is 29.5 Å². The van der Waals surface area contributed by atoms with Gasteiger partial charge in [0.2, 0.25) is 0 Å². The van der Waals surface area contributed by atoms with Crippen LogP contribution in [0.4, 0.5) is 11.6 Å². The van der Waals surface area contributed by atoms with Gasteiger partial charge < -0.3 is 5.32 Å². The van der Waals surface area contributed by atoms with E-state index in [9.17, 15) is 0 Å². The van der Waals surface area contributed by atoms with Crippen LogP contribution in [-0.2, 0) is 6.54 Å². The van der Waals surface area contributed by atoms with Gasteiger partial charge in [0, 0.05) is 12.7 Å². The van der Waals surface area contributed by atoms with Gasteiger partial charge in [0.05, 0.1) is 17.6 Å². The third kappa shape index (κ3) is 2.30. The van der Waals surface area contributed by atoms with Crippen LogP contribution >= 0.6 is 0 Å². The lowest BCUT2D eigenvalue weighted by Crippen LogP contribution is -2.02. The van der Waals surface area contributed by atoms with Crippen molar-refractivity contribution >= 4 is 11.6 Å². The van der Waals surface area contributed by atoms with Gasteiger partial charge in [-0.25, -0.2) is 0 Å². The van der Waals surface area contributed by atoms with Crippen LogP contribution in [0.5, 0.6) is 0 Å². The second-order valence-corrected chi connectivity index (χ2v) is 3.96. The zero-order valence-corrected chi connectivity index (χ0v) is 10.4. The molecule has 3 aromatic rings. The Bertz CT molecular complexity index is 656. The number of para-hydroxylation sites is 1. The van der Waals surface area contributed by atoms with Gasteiger partial charge in [-0.3, -0.25) is 4.68 Å². The highest BCUT2D eigenvalue weighted by Crippen LogP contribution is 2.15. The summed E-state index contributed by atoms with van der Waals surface area (Å²) in [4.78, 5) is 0. The molecule has 0 aliphatic rings. The Labute approximate surface area is 109 Å². The van der Waals surface area contributed by atoms with Gasteiger partial charge in [0.25, 0.3) is 5.95 Å². The molecule has 7 nitrogen and oxygen atoms in total. The van der Waals surface area contributed by atoms with E-state index in [-0.39, 0.29) is 0 Å². The van der Waals surface area contributed by atoms with Crippen molar-refractivity contribution in [3.63, 3.8) is 0 Å². The number of hydrogen-bond donors (Lipinski definition) is 1. The van der Waals surface area contributed by atoms with Gasteiger partial charge in [-0.2, -0.15) is 9.78 Å². The normalized spacial score (nSPS) is 10.6. The first-order valence-electron chi connectivity index (χ1n) is 6.00. The third-order valence-electron chi connectivity index (χ3n) is 2.68. The predicted molar refractivity (Wildman–Crippen MR) is 70.3 cm³/mol. The molecule has 0 atom stereocenters. The number of rotatable bonds is 4. The number of anilines is 2. The van der Waals surface area contributed by atoms with Crippen molar-refractivity contribution in [1.29, 1.82) is 0 Å². The summed E-state index contributed by atoms with van der Waals surface area (Å²) < 4.78 is 3.47. The molecular weight excluding hydrogens is 242 g/mol. The Balaban J connectivity index is 1.88. The first-order chi connectivity index (χ1) is 9.36. The molecule has 0 saturated heterocycles. The SMILES string of the molecule is CCn1cc(Nc2nnnn2-c2ccccc2)cn1. The quantitative estimate of drug-likeness (QED) is 0.767. The molecule has 3 rings (SSSR count). The molecule has 1 aromatic carbocycles. The number of aromatic nitrogens is 6. The van der Waals surface area contributed by atoms with Crippen LogP contribution in [0.2, 0.25) is 0 Å². The van der Waals surface area contributed by atoms with Gasteiger partial charge in [0.15, 0.2) is 0 Å². The zero-order valence-electron chi connectivity index (χ0n) is 10.4. The average Bonchev–Trinajstić information content (AvgIpc) is 3.09. The Hall–Kier alpha value is -2.70. The van der Waals surface area contributed by atoms with Crippen LogP contribution in [0.25, 0.3) is 5.69 Å². The lowest BCUT2D eigenvalue weighted by molar-refractivity contribution is 0.660. The van der Waals surface area contributed by atoms with Crippen LogP contribution in [0.1, 0.15) is 6.92 Å². The fraction of sp³-hybridized carbons (Fsp3) is 0.167. The van der Waals surface area contributed by atoms with Crippen LogP contribution < -0.4 is 5.32 Å². The number of tetrazole rings is 1. The summed E-state index contributed by atoms with van der Waals surface area (Å²) in [5.41, 5.74) is 1.76. The third-order valence-corrected chi connectivity index (χ3v) is 2.68. The molecule has 0 radical (unpaired) electrons. The number of aryl methyl sites for hydroxylation is 1. The van der Waals surface area contributed by atoms with Crippen molar-refractivity contribution < 1.29 is 0 Å². The first kappa shape index (κ1) is 11.4. The molecule has 0 aliphatic carbocycles. The van der Waals surface area contributed by atoms with Crippen LogP contribution in [0.3, 0.4) is 0 Å². The summed E-state index contributed by atoms with van der Waals surface area (Å²) in [6.07, 6.45) is 3.65. The lowest BCUT2D eigenvalue weighted by Gasteiger charge is -2.04. The molecule has 96 valence electrons. The maximum Gasteiger partial charge on any atom is 0.252 e. The maximum atomic E-state index is 4.19. The summed E-state index contributed by atoms with van der Waals surface area (Å²) in [5, 5.41) is 19.0. The van der Waals surface area contributed by atoms with Crippen molar-refractivity contribution in [3.8, 4) is 5.69 Å². The summed E-state index contributed by atoms with van der Waals surface area (Å²) in [5.74, 6) is 0.557. The topological polar surface area (TPSA) is 73.5 Å². The minimum absolute atomic E-state index is 0.557. The highest BCUT2D eigenvalue weighted by Gasteiger charge is 2.08. The van der Waals surface area contributed by atoms with E-state index in [1.807, 2.05) is 48.1 Å². The zero-order chi connectivity index (χ0) is 13.1. The summed E-state index contributed by atoms with van der Waals surface area (Å²) in [6.45, 7) is 2.86. The first-order valence-corrected chi connectivity index (χ1v) is 6.00. The van der Waals surface area contributed by atoms with Gasteiger partial charge in [-0.1, -0.05) is 23.3 Å². The summed E-state index contributed by atoms with van der Waals surface area (Å²) in [6, 6.07) is 9.71. The lowest BCUT2D eigenvalue weighted by atomic mass is 10.3. The van der Waals surface area contributed by atoms with E-state index in [0.717, 1.165) is 17.9 Å². The summed E-state index contributed by atoms with van der Waals surface area (Å²) in [7, 11) is 0. The number of benzene rings is 1. The highest BCUT2D eigenvalue weighted by molar-refractivity contribution is 5.52. The van der Waals surface area contributed by atoms with E-state index in [2.05, 4.69) is 25.9 Å². The molecule has 2 heterocycles. The summed E-state index contributed by atoms with van der Waals surface area (Å²) >= 11 is 0. The monoisotopic (exact) mass is 255 g/mol. The van der Waals surface area contributed by atoms with Crippen molar-refractivity contribution in [2.24, 2.45) is 0 Å². The number of hydrogen-bond acceptors (Lipinski definition) is 5. The molecule has 0 aliphatic heterocycles. The molecule has 0 fully saturated rings. The minimum Gasteiger partial charge on any atom is -0.320 e. The fourth-order valence-corrected chi connectivity index (χ4v) is 1.74. The molecule has 0 saturated carbocycles. The Morgan fingerprint density at radius 2 is 2.05 bits per heavy atom. The molecule has 0 bridgehead atoms. The van der Waals surface area contributed by atoms with E-state index in [1.54, 1.807) is 10.9 Å². The minimum atomic E-state index is 0.557. The van der Waals surface area contributed by atoms with Crippen molar-refractivity contribution in [2.45, 2.75) is 13.5 Å². The van der Waals surface area contributed by atoms with Crippen LogP contribution in [-0.4, -0.2) is 30.0 Å². The van der Waals surface area contributed by atoms with E-state index in [1.165, 1.54) is 0 Å².